The van der Waals surface area contributed by atoms with Crippen LogP contribution in [0.5, 0.6) is 5.88 Å². The normalized spacial score (nSPS) is 15.5. The monoisotopic (exact) mass is 323 g/mol. The van der Waals surface area contributed by atoms with Gasteiger partial charge in [-0.3, -0.25) is 0 Å². The fraction of sp³-hybridized carbons (Fsp3) is 0.333. The molecule has 1 N–H and O–H groups in total. The number of nitrogens with zero attached hydrogens (tertiary/aromatic N) is 4. The van der Waals surface area contributed by atoms with E-state index in [0.717, 1.165) is 43.1 Å². The molecular weight excluding hydrogens is 302 g/mol. The third-order valence-electron chi connectivity index (χ3n) is 4.33. The van der Waals surface area contributed by atoms with Crippen LogP contribution in [0.2, 0.25) is 0 Å². The number of hydrogen-bond donors (Lipinski definition) is 1. The summed E-state index contributed by atoms with van der Waals surface area (Å²) in [4.78, 5) is 6.60. The summed E-state index contributed by atoms with van der Waals surface area (Å²) in [5.74, 6) is 1.40. The Morgan fingerprint density at radius 1 is 1.08 bits per heavy atom. The van der Waals surface area contributed by atoms with Crippen molar-refractivity contribution < 1.29 is 4.74 Å². The van der Waals surface area contributed by atoms with Crippen LogP contribution < -0.4 is 15.0 Å². The quantitative estimate of drug-likeness (QED) is 0.800. The van der Waals surface area contributed by atoms with E-state index >= 15 is 0 Å². The van der Waals surface area contributed by atoms with Gasteiger partial charge in [0.2, 0.25) is 11.8 Å². The third kappa shape index (κ3) is 2.92. The fourth-order valence-electron chi connectivity index (χ4n) is 2.95. The highest BCUT2D eigenvalue weighted by Crippen LogP contribution is 2.23. The zero-order chi connectivity index (χ0) is 16.4. The maximum atomic E-state index is 6.17. The zero-order valence-corrected chi connectivity index (χ0v) is 13.7. The van der Waals surface area contributed by atoms with Gasteiger partial charge in [-0.25, -0.2) is 0 Å². The second-order valence-corrected chi connectivity index (χ2v) is 6.01. The van der Waals surface area contributed by atoms with E-state index in [2.05, 4.69) is 15.4 Å². The van der Waals surface area contributed by atoms with E-state index in [4.69, 9.17) is 4.74 Å². The van der Waals surface area contributed by atoms with Gasteiger partial charge in [0.15, 0.2) is 5.65 Å². The largest absolute Gasteiger partial charge is 0.474 e. The number of ether oxygens (including phenoxy) is 1. The minimum Gasteiger partial charge on any atom is -0.474 e. The summed E-state index contributed by atoms with van der Waals surface area (Å²) in [7, 11) is 1.97. The predicted molar refractivity (Wildman–Crippen MR) is 94.0 cm³/mol. The van der Waals surface area contributed by atoms with Crippen LogP contribution in [0.4, 0.5) is 11.6 Å². The average molecular weight is 323 g/mol. The van der Waals surface area contributed by atoms with Crippen molar-refractivity contribution in [2.24, 2.45) is 0 Å². The summed E-state index contributed by atoms with van der Waals surface area (Å²) in [5.41, 5.74) is 1.84. The molecule has 0 atom stereocenters. The summed E-state index contributed by atoms with van der Waals surface area (Å²) in [5, 5.41) is 8.00. The number of para-hydroxylation sites is 1. The van der Waals surface area contributed by atoms with E-state index in [1.807, 2.05) is 60.5 Å². The molecule has 0 aliphatic carbocycles. The van der Waals surface area contributed by atoms with Gasteiger partial charge in [-0.1, -0.05) is 24.3 Å². The Bertz CT molecular complexity index is 811. The fourth-order valence-corrected chi connectivity index (χ4v) is 2.95. The van der Waals surface area contributed by atoms with Crippen LogP contribution in [0.3, 0.4) is 0 Å². The lowest BCUT2D eigenvalue weighted by Gasteiger charge is -2.23. The molecule has 1 aliphatic rings. The van der Waals surface area contributed by atoms with Gasteiger partial charge in [0.1, 0.15) is 6.10 Å². The Labute approximate surface area is 141 Å². The molecule has 3 aromatic rings. The second-order valence-electron chi connectivity index (χ2n) is 6.01. The lowest BCUT2D eigenvalue weighted by molar-refractivity contribution is 0.152. The molecule has 6 nitrogen and oxygen atoms in total. The van der Waals surface area contributed by atoms with E-state index < -0.39 is 0 Å². The minimum atomic E-state index is 0.233. The Balaban J connectivity index is 1.64. The molecule has 124 valence electrons. The molecule has 1 aliphatic heterocycles. The molecular formula is C18H21N5O. The number of pyridine rings is 1. The van der Waals surface area contributed by atoms with Crippen LogP contribution in [0.25, 0.3) is 5.65 Å². The van der Waals surface area contributed by atoms with Gasteiger partial charge in [0.05, 0.1) is 0 Å². The predicted octanol–water partition coefficient (Wildman–Crippen LogP) is 2.63. The molecule has 3 heterocycles. The van der Waals surface area contributed by atoms with Crippen molar-refractivity contribution in [3.8, 4) is 5.88 Å². The van der Waals surface area contributed by atoms with Crippen LogP contribution in [-0.4, -0.2) is 40.8 Å². The topological polar surface area (TPSA) is 54.7 Å². The molecule has 0 radical (unpaired) electrons. The second kappa shape index (κ2) is 6.49. The molecule has 1 saturated heterocycles. The number of hydrogen-bond acceptors (Lipinski definition) is 5. The number of rotatable bonds is 4. The Morgan fingerprint density at radius 2 is 1.88 bits per heavy atom. The lowest BCUT2D eigenvalue weighted by atomic mass is 10.1. The Morgan fingerprint density at radius 3 is 2.67 bits per heavy atom. The van der Waals surface area contributed by atoms with Crippen molar-refractivity contribution >= 4 is 17.3 Å². The first-order valence-corrected chi connectivity index (χ1v) is 8.33. The summed E-state index contributed by atoms with van der Waals surface area (Å²) in [6, 6.07) is 16.0. The molecule has 0 amide bonds. The van der Waals surface area contributed by atoms with Crippen LogP contribution in [0.15, 0.2) is 48.5 Å². The van der Waals surface area contributed by atoms with Crippen molar-refractivity contribution in [3.63, 3.8) is 0 Å². The zero-order valence-electron chi connectivity index (χ0n) is 13.7. The van der Waals surface area contributed by atoms with E-state index in [1.54, 1.807) is 4.52 Å². The number of benzene rings is 1. The molecule has 4 rings (SSSR count). The molecule has 6 heteroatoms. The Kier molecular flexibility index (Phi) is 4.04. The van der Waals surface area contributed by atoms with Crippen LogP contribution >= 0.6 is 0 Å². The van der Waals surface area contributed by atoms with Gasteiger partial charge in [0.25, 0.3) is 0 Å². The lowest BCUT2D eigenvalue weighted by Crippen LogP contribution is -2.34. The summed E-state index contributed by atoms with van der Waals surface area (Å²) in [6.45, 7) is 2.00. The molecule has 24 heavy (non-hydrogen) atoms. The number of fused-ring (bicyclic) bond motifs is 1. The molecule has 0 spiro atoms. The van der Waals surface area contributed by atoms with Crippen molar-refractivity contribution in [2.75, 3.05) is 25.0 Å². The molecule has 1 fully saturated rings. The van der Waals surface area contributed by atoms with Gasteiger partial charge in [0, 0.05) is 18.8 Å². The van der Waals surface area contributed by atoms with Gasteiger partial charge in [-0.15, -0.1) is 5.10 Å². The summed E-state index contributed by atoms with van der Waals surface area (Å²) in [6.07, 6.45) is 2.26. The van der Waals surface area contributed by atoms with Crippen molar-refractivity contribution in [2.45, 2.75) is 18.9 Å². The smallest absolute Gasteiger partial charge is 0.250 e. The highest BCUT2D eigenvalue weighted by Gasteiger charge is 2.18. The van der Waals surface area contributed by atoms with Gasteiger partial charge >= 0.3 is 0 Å². The van der Waals surface area contributed by atoms with E-state index in [-0.39, 0.29) is 6.10 Å². The average Bonchev–Trinajstić information content (AvgIpc) is 3.08. The molecule has 0 bridgehead atoms. The summed E-state index contributed by atoms with van der Waals surface area (Å²) >= 11 is 0. The van der Waals surface area contributed by atoms with Gasteiger partial charge < -0.3 is 15.0 Å². The minimum absolute atomic E-state index is 0.233. The van der Waals surface area contributed by atoms with Crippen molar-refractivity contribution in [3.05, 3.63) is 48.5 Å². The maximum Gasteiger partial charge on any atom is 0.250 e. The number of piperidine rings is 1. The van der Waals surface area contributed by atoms with Crippen LogP contribution in [-0.2, 0) is 0 Å². The molecule has 0 saturated carbocycles. The number of nitrogens with one attached hydrogen (secondary N) is 1. The van der Waals surface area contributed by atoms with Crippen molar-refractivity contribution in [1.82, 2.24) is 19.9 Å². The molecule has 0 unspecified atom stereocenters. The highest BCUT2D eigenvalue weighted by atomic mass is 16.5. The number of anilines is 2. The van der Waals surface area contributed by atoms with Crippen LogP contribution in [0.1, 0.15) is 12.8 Å². The van der Waals surface area contributed by atoms with E-state index in [1.165, 1.54) is 0 Å². The maximum absolute atomic E-state index is 6.17. The van der Waals surface area contributed by atoms with E-state index in [9.17, 15) is 0 Å². The SMILES string of the molecule is CN(c1ccccc1)c1nc2cccc(OC3CCNCC3)n2n1. The van der Waals surface area contributed by atoms with Gasteiger partial charge in [-0.05, 0) is 44.1 Å². The summed E-state index contributed by atoms with van der Waals surface area (Å²) < 4.78 is 7.96. The van der Waals surface area contributed by atoms with Gasteiger partial charge in [-0.2, -0.15) is 9.50 Å². The molecule has 1 aromatic carbocycles. The third-order valence-corrected chi connectivity index (χ3v) is 4.33. The van der Waals surface area contributed by atoms with Crippen LogP contribution in [0, 0.1) is 0 Å². The van der Waals surface area contributed by atoms with E-state index in [0.29, 0.717) is 5.95 Å². The number of aromatic nitrogens is 3. The van der Waals surface area contributed by atoms with Crippen molar-refractivity contribution in [1.29, 1.82) is 0 Å². The standard InChI is InChI=1S/C18H21N5O/c1-22(14-6-3-2-4-7-14)18-20-16-8-5-9-17(23(16)21-18)24-15-10-12-19-13-11-15/h2-9,15,19H,10-13H2,1H3. The molecule has 2 aromatic heterocycles. The highest BCUT2D eigenvalue weighted by molar-refractivity contribution is 5.58. The first kappa shape index (κ1) is 15.0. The Hall–Kier alpha value is -2.60. The first-order valence-electron chi connectivity index (χ1n) is 8.33. The first-order chi connectivity index (χ1) is 11.8.